The van der Waals surface area contributed by atoms with Gasteiger partial charge in [0.1, 0.15) is 0 Å². The maximum absolute atomic E-state index is 13.6. The van der Waals surface area contributed by atoms with Crippen LogP contribution in [0.25, 0.3) is 10.8 Å². The van der Waals surface area contributed by atoms with Crippen molar-refractivity contribution in [3.63, 3.8) is 0 Å². The number of fused-ring (bicyclic) bond motifs is 1. The Morgan fingerprint density at radius 3 is 2.26 bits per heavy atom. The summed E-state index contributed by atoms with van der Waals surface area (Å²) in [7, 11) is -4.04. The molecule has 1 heterocycles. The van der Waals surface area contributed by atoms with Crippen molar-refractivity contribution in [1.82, 2.24) is 0 Å². The van der Waals surface area contributed by atoms with Gasteiger partial charge in [-0.1, -0.05) is 59.6 Å². The van der Waals surface area contributed by atoms with Crippen LogP contribution in [0.2, 0.25) is 5.02 Å². The molecule has 3 aromatic carbocycles. The number of anilines is 1. The van der Waals surface area contributed by atoms with Crippen molar-refractivity contribution >= 4 is 38.3 Å². The number of halogens is 1. The van der Waals surface area contributed by atoms with E-state index in [4.69, 9.17) is 16.0 Å². The van der Waals surface area contributed by atoms with Crippen molar-refractivity contribution in [2.24, 2.45) is 0 Å². The van der Waals surface area contributed by atoms with Crippen LogP contribution in [-0.4, -0.2) is 8.42 Å². The molecule has 0 saturated carbocycles. The Labute approximate surface area is 185 Å². The van der Waals surface area contributed by atoms with Gasteiger partial charge in [0.15, 0.2) is 0 Å². The first-order valence-corrected chi connectivity index (χ1v) is 11.5. The van der Waals surface area contributed by atoms with E-state index in [1.165, 1.54) is 24.3 Å². The lowest BCUT2D eigenvalue weighted by Gasteiger charge is -2.25. The van der Waals surface area contributed by atoms with E-state index in [-0.39, 0.29) is 17.3 Å². The zero-order chi connectivity index (χ0) is 22.2. The Kier molecular flexibility index (Phi) is 5.60. The predicted octanol–water partition coefficient (Wildman–Crippen LogP) is 5.46. The Bertz CT molecular complexity index is 1410. The van der Waals surface area contributed by atoms with Crippen molar-refractivity contribution < 1.29 is 12.8 Å². The van der Waals surface area contributed by atoms with Crippen LogP contribution in [0.3, 0.4) is 0 Å². The third kappa shape index (κ3) is 4.09. The molecule has 0 fully saturated rings. The second-order valence-corrected chi connectivity index (χ2v) is 9.62. The molecule has 0 N–H and O–H groups in total. The van der Waals surface area contributed by atoms with E-state index in [1.807, 2.05) is 49.4 Å². The summed E-state index contributed by atoms with van der Waals surface area (Å²) in [4.78, 5) is 12.8. The molecule has 5 nitrogen and oxygen atoms in total. The number of sulfonamides is 1. The highest BCUT2D eigenvalue weighted by atomic mass is 35.5. The summed E-state index contributed by atoms with van der Waals surface area (Å²) in [5.41, 5.74) is 1.67. The highest BCUT2D eigenvalue weighted by Gasteiger charge is 2.29. The van der Waals surface area contributed by atoms with Crippen molar-refractivity contribution in [3.8, 4) is 0 Å². The Morgan fingerprint density at radius 1 is 0.903 bits per heavy atom. The van der Waals surface area contributed by atoms with Gasteiger partial charge in [-0.05, 0) is 55.1 Å². The minimum atomic E-state index is -4.04. The minimum Gasteiger partial charge on any atom is -0.405 e. The molecule has 4 rings (SSSR count). The number of hydrogen-bond acceptors (Lipinski definition) is 4. The largest absolute Gasteiger partial charge is 0.405 e. The van der Waals surface area contributed by atoms with E-state index in [2.05, 4.69) is 0 Å². The summed E-state index contributed by atoms with van der Waals surface area (Å²) in [5, 5.41) is 1.50. The molecule has 0 aliphatic heterocycles. The van der Waals surface area contributed by atoms with Gasteiger partial charge in [-0.25, -0.2) is 17.5 Å². The van der Waals surface area contributed by atoms with Gasteiger partial charge in [0.25, 0.3) is 10.0 Å². The van der Waals surface area contributed by atoms with Gasteiger partial charge in [0.05, 0.1) is 16.8 Å². The second kappa shape index (κ2) is 8.21. The summed E-state index contributed by atoms with van der Waals surface area (Å²) in [5.74, 6) is 0.000145. The summed E-state index contributed by atoms with van der Waals surface area (Å²) in [6, 6.07) is 20.5. The van der Waals surface area contributed by atoms with E-state index in [9.17, 15) is 13.2 Å². The van der Waals surface area contributed by atoms with Crippen LogP contribution in [0.1, 0.15) is 16.7 Å². The summed E-state index contributed by atoms with van der Waals surface area (Å²) < 4.78 is 34.0. The monoisotopic (exact) mass is 453 g/mol. The van der Waals surface area contributed by atoms with Gasteiger partial charge in [-0.3, -0.25) is 0 Å². The number of aryl methyl sites for hydroxylation is 2. The van der Waals surface area contributed by atoms with Crippen LogP contribution in [0, 0.1) is 13.8 Å². The van der Waals surface area contributed by atoms with E-state index >= 15 is 0 Å². The topological polar surface area (TPSA) is 67.6 Å². The number of hydrogen-bond donors (Lipinski definition) is 0. The molecule has 0 amide bonds. The molecule has 0 unspecified atom stereocenters. The molecule has 0 bridgehead atoms. The van der Waals surface area contributed by atoms with Crippen LogP contribution in [0.15, 0.2) is 86.9 Å². The average Bonchev–Trinajstić information content (AvgIpc) is 2.75. The van der Waals surface area contributed by atoms with Gasteiger partial charge in [-0.15, -0.1) is 0 Å². The zero-order valence-corrected chi connectivity index (χ0v) is 18.6. The Balaban J connectivity index is 1.95. The van der Waals surface area contributed by atoms with Crippen molar-refractivity contribution in [2.75, 3.05) is 4.31 Å². The second-order valence-electron chi connectivity index (χ2n) is 7.32. The quantitative estimate of drug-likeness (QED) is 0.402. The smallest absolute Gasteiger partial charge is 0.345 e. The van der Waals surface area contributed by atoms with Gasteiger partial charge >= 0.3 is 5.63 Å². The van der Waals surface area contributed by atoms with Crippen LogP contribution >= 0.6 is 11.6 Å². The van der Waals surface area contributed by atoms with Gasteiger partial charge in [-0.2, -0.15) is 0 Å². The van der Waals surface area contributed by atoms with Crippen LogP contribution in [-0.2, 0) is 16.6 Å². The SMILES string of the molecule is Cc1ccc2c(C)c(N(Cc3ccccc3)S(=O)(=O)c3ccc(Cl)cc3)oc(=O)c2c1. The fourth-order valence-electron chi connectivity index (χ4n) is 3.48. The first-order valence-electron chi connectivity index (χ1n) is 9.63. The van der Waals surface area contributed by atoms with Gasteiger partial charge in [0.2, 0.25) is 5.88 Å². The number of rotatable bonds is 5. The average molecular weight is 454 g/mol. The summed E-state index contributed by atoms with van der Waals surface area (Å²) >= 11 is 5.94. The highest BCUT2D eigenvalue weighted by molar-refractivity contribution is 7.92. The summed E-state index contributed by atoms with van der Waals surface area (Å²) in [6.45, 7) is 3.65. The van der Waals surface area contributed by atoms with Crippen LogP contribution in [0.4, 0.5) is 5.88 Å². The molecular weight excluding hydrogens is 434 g/mol. The fraction of sp³-hybridized carbons (Fsp3) is 0.125. The predicted molar refractivity (Wildman–Crippen MR) is 123 cm³/mol. The first-order chi connectivity index (χ1) is 14.8. The third-order valence-electron chi connectivity index (χ3n) is 5.11. The minimum absolute atomic E-state index is 0.000145. The number of nitrogens with zero attached hydrogens (tertiary/aromatic N) is 1. The molecule has 31 heavy (non-hydrogen) atoms. The third-order valence-corrected chi connectivity index (χ3v) is 7.10. The van der Waals surface area contributed by atoms with Crippen LogP contribution < -0.4 is 9.93 Å². The molecule has 0 aliphatic carbocycles. The van der Waals surface area contributed by atoms with E-state index < -0.39 is 15.6 Å². The van der Waals surface area contributed by atoms with E-state index in [0.29, 0.717) is 21.4 Å². The number of benzene rings is 3. The molecule has 4 aromatic rings. The molecule has 0 saturated heterocycles. The molecule has 1 aromatic heterocycles. The standard InChI is InChI=1S/C24H20ClNO4S/c1-16-8-13-21-17(2)23(30-24(27)22(21)14-16)26(15-18-6-4-3-5-7-18)31(28,29)20-11-9-19(25)10-12-20/h3-14H,15H2,1-2H3. The lowest BCUT2D eigenvalue weighted by molar-refractivity contribution is 0.511. The molecule has 158 valence electrons. The van der Waals surface area contributed by atoms with Crippen LogP contribution in [0.5, 0.6) is 0 Å². The molecule has 0 spiro atoms. The molecule has 0 radical (unpaired) electrons. The molecule has 7 heteroatoms. The lowest BCUT2D eigenvalue weighted by Crippen LogP contribution is -2.32. The fourth-order valence-corrected chi connectivity index (χ4v) is 5.05. The van der Waals surface area contributed by atoms with Crippen molar-refractivity contribution in [2.45, 2.75) is 25.3 Å². The normalized spacial score (nSPS) is 11.6. The molecule has 0 atom stereocenters. The van der Waals surface area contributed by atoms with Gasteiger partial charge in [0, 0.05) is 10.6 Å². The first kappa shape index (κ1) is 21.2. The van der Waals surface area contributed by atoms with E-state index in [0.717, 1.165) is 15.4 Å². The lowest BCUT2D eigenvalue weighted by atomic mass is 10.1. The molecular formula is C24H20ClNO4S. The van der Waals surface area contributed by atoms with Crippen molar-refractivity contribution in [3.05, 3.63) is 105 Å². The maximum Gasteiger partial charge on any atom is 0.345 e. The zero-order valence-electron chi connectivity index (χ0n) is 17.0. The Hall–Kier alpha value is -3.09. The van der Waals surface area contributed by atoms with Crippen molar-refractivity contribution in [1.29, 1.82) is 0 Å². The maximum atomic E-state index is 13.6. The highest BCUT2D eigenvalue weighted by Crippen LogP contribution is 2.32. The van der Waals surface area contributed by atoms with Gasteiger partial charge < -0.3 is 4.42 Å². The van der Waals surface area contributed by atoms with E-state index in [1.54, 1.807) is 13.0 Å². The molecule has 0 aliphatic rings. The Morgan fingerprint density at radius 2 is 1.58 bits per heavy atom. The summed E-state index contributed by atoms with van der Waals surface area (Å²) in [6.07, 6.45) is 0.